The van der Waals surface area contributed by atoms with Gasteiger partial charge in [-0.15, -0.1) is 0 Å². The minimum absolute atomic E-state index is 0.388. The van der Waals surface area contributed by atoms with Gasteiger partial charge in [0.1, 0.15) is 12.8 Å². The van der Waals surface area contributed by atoms with Crippen LogP contribution in [0.4, 0.5) is 0 Å². The van der Waals surface area contributed by atoms with Crippen LogP contribution >= 0.6 is 0 Å². The molecule has 1 unspecified atom stereocenters. The van der Waals surface area contributed by atoms with Crippen molar-refractivity contribution in [2.24, 2.45) is 0 Å². The minimum atomic E-state index is -0.568. The summed E-state index contributed by atoms with van der Waals surface area (Å²) in [6.45, 7) is 21.0. The number of hydrogen-bond donors (Lipinski definition) is 1. The standard InChI is InChI=1S/C26H42BNO4/c1-10-12-13-14-15-19-29-24-22(27(31-25(4,5)6)32-26(7,8)9)17-18-23(28-24)30-20-21(3)16-11-2/h10-14,16-18,24,28H,3,15,19-20H2,1-2,4-9H3/b12-10-,14-13-,16-11-. The highest BCUT2D eigenvalue weighted by Gasteiger charge is 2.38. The zero-order chi connectivity index (χ0) is 24.2. The Morgan fingerprint density at radius 3 is 2.25 bits per heavy atom. The van der Waals surface area contributed by atoms with Gasteiger partial charge in [0.05, 0.1) is 6.61 Å². The lowest BCUT2D eigenvalue weighted by molar-refractivity contribution is 0.0195. The molecule has 1 aliphatic heterocycles. The summed E-state index contributed by atoms with van der Waals surface area (Å²) < 4.78 is 24.6. The van der Waals surface area contributed by atoms with Gasteiger partial charge in [0, 0.05) is 16.7 Å². The molecule has 0 bridgehead atoms. The fraction of sp³-hybridized carbons (Fsp3) is 0.538. The van der Waals surface area contributed by atoms with E-state index in [-0.39, 0.29) is 11.2 Å². The van der Waals surface area contributed by atoms with Crippen molar-refractivity contribution in [1.29, 1.82) is 0 Å². The van der Waals surface area contributed by atoms with Crippen molar-refractivity contribution < 1.29 is 18.8 Å². The van der Waals surface area contributed by atoms with E-state index in [9.17, 15) is 0 Å². The van der Waals surface area contributed by atoms with Gasteiger partial charge in [0.25, 0.3) is 0 Å². The summed E-state index contributed by atoms with van der Waals surface area (Å²) in [6, 6.07) is 0. The first kappa shape index (κ1) is 28.0. The average Bonchev–Trinajstić information content (AvgIpc) is 2.66. The first-order chi connectivity index (χ1) is 14.9. The van der Waals surface area contributed by atoms with E-state index in [0.29, 0.717) is 19.1 Å². The van der Waals surface area contributed by atoms with Gasteiger partial charge in [-0.1, -0.05) is 49.1 Å². The lowest BCUT2D eigenvalue weighted by atomic mass is 9.73. The molecule has 0 amide bonds. The highest BCUT2D eigenvalue weighted by atomic mass is 16.6. The third-order valence-corrected chi connectivity index (χ3v) is 4.02. The van der Waals surface area contributed by atoms with E-state index in [2.05, 4.69) is 18.0 Å². The predicted molar refractivity (Wildman–Crippen MR) is 135 cm³/mol. The number of allylic oxidation sites excluding steroid dienone is 6. The van der Waals surface area contributed by atoms with Crippen molar-refractivity contribution in [2.75, 3.05) is 13.2 Å². The van der Waals surface area contributed by atoms with Gasteiger partial charge in [-0.2, -0.15) is 0 Å². The average molecular weight is 443 g/mol. The van der Waals surface area contributed by atoms with Crippen molar-refractivity contribution in [3.63, 3.8) is 0 Å². The Labute approximate surface area is 196 Å². The van der Waals surface area contributed by atoms with Crippen LogP contribution in [0.2, 0.25) is 0 Å². The van der Waals surface area contributed by atoms with Crippen molar-refractivity contribution in [2.45, 2.75) is 79.2 Å². The van der Waals surface area contributed by atoms with Crippen LogP contribution in [0.25, 0.3) is 0 Å². The molecular formula is C26H42BNO4. The molecule has 32 heavy (non-hydrogen) atoms. The maximum atomic E-state index is 6.28. The molecule has 0 saturated heterocycles. The van der Waals surface area contributed by atoms with Crippen molar-refractivity contribution >= 4 is 7.12 Å². The summed E-state index contributed by atoms with van der Waals surface area (Å²) in [5, 5.41) is 3.34. The summed E-state index contributed by atoms with van der Waals surface area (Å²) in [4.78, 5) is 0. The number of rotatable bonds is 12. The van der Waals surface area contributed by atoms with Gasteiger partial charge in [-0.25, -0.2) is 0 Å². The number of dihydropyridines is 1. The molecule has 0 aromatic heterocycles. The third-order valence-electron chi connectivity index (χ3n) is 4.02. The van der Waals surface area contributed by atoms with Crippen LogP contribution in [-0.4, -0.2) is 37.8 Å². The second-order valence-electron chi connectivity index (χ2n) is 9.57. The molecule has 1 rings (SSSR count). The second-order valence-corrected chi connectivity index (χ2v) is 9.57. The van der Waals surface area contributed by atoms with Crippen LogP contribution < -0.4 is 5.32 Å². The fourth-order valence-corrected chi connectivity index (χ4v) is 2.75. The lowest BCUT2D eigenvalue weighted by Crippen LogP contribution is -2.48. The molecule has 1 heterocycles. The molecular weight excluding hydrogens is 401 g/mol. The van der Waals surface area contributed by atoms with Gasteiger partial charge in [0.15, 0.2) is 5.88 Å². The molecule has 0 radical (unpaired) electrons. The Bertz CT molecular complexity index is 720. The molecule has 5 nitrogen and oxygen atoms in total. The Balaban J connectivity index is 3.05. The summed E-state index contributed by atoms with van der Waals surface area (Å²) in [5.41, 5.74) is 0.983. The SMILES string of the molecule is C=C(/C=C\C)COC1=CC=C(B(OC(C)(C)C)OC(C)(C)C)C(OCC/C=C\C=C/C)N1. The first-order valence-corrected chi connectivity index (χ1v) is 11.3. The van der Waals surface area contributed by atoms with Gasteiger partial charge >= 0.3 is 7.12 Å². The van der Waals surface area contributed by atoms with Crippen LogP contribution in [0, 0.1) is 0 Å². The van der Waals surface area contributed by atoms with Gasteiger partial charge in [-0.05, 0) is 73.5 Å². The third kappa shape index (κ3) is 12.1. The Kier molecular flexibility index (Phi) is 11.8. The van der Waals surface area contributed by atoms with E-state index in [0.717, 1.165) is 17.5 Å². The Hall–Kier alpha value is -2.02. The van der Waals surface area contributed by atoms with Crippen molar-refractivity contribution in [3.8, 4) is 0 Å². The van der Waals surface area contributed by atoms with Gasteiger partial charge in [-0.3, -0.25) is 0 Å². The summed E-state index contributed by atoms with van der Waals surface area (Å²) in [5.74, 6) is 0.624. The minimum Gasteiger partial charge on any atom is -0.474 e. The summed E-state index contributed by atoms with van der Waals surface area (Å²) in [6.07, 6.45) is 16.2. The fourth-order valence-electron chi connectivity index (χ4n) is 2.75. The normalized spacial score (nSPS) is 17.6. The zero-order valence-electron chi connectivity index (χ0n) is 21.2. The number of nitrogens with one attached hydrogen (secondary N) is 1. The van der Waals surface area contributed by atoms with Crippen LogP contribution in [-0.2, 0) is 18.8 Å². The topological polar surface area (TPSA) is 49.0 Å². The van der Waals surface area contributed by atoms with E-state index < -0.39 is 13.3 Å². The molecule has 0 fully saturated rings. The molecule has 0 saturated carbocycles. The van der Waals surface area contributed by atoms with E-state index in [4.69, 9.17) is 18.8 Å². The van der Waals surface area contributed by atoms with Crippen molar-refractivity contribution in [3.05, 3.63) is 72.1 Å². The molecule has 1 aliphatic rings. The summed E-state index contributed by atoms with van der Waals surface area (Å²) >= 11 is 0. The Morgan fingerprint density at radius 1 is 1.03 bits per heavy atom. The molecule has 0 spiro atoms. The largest absolute Gasteiger partial charge is 0.494 e. The van der Waals surface area contributed by atoms with Gasteiger partial charge < -0.3 is 24.1 Å². The van der Waals surface area contributed by atoms with Crippen LogP contribution in [0.15, 0.2) is 72.1 Å². The van der Waals surface area contributed by atoms with E-state index in [1.54, 1.807) is 0 Å². The van der Waals surface area contributed by atoms with E-state index >= 15 is 0 Å². The number of ether oxygens (including phenoxy) is 2. The summed E-state index contributed by atoms with van der Waals surface area (Å²) in [7, 11) is -0.568. The lowest BCUT2D eigenvalue weighted by Gasteiger charge is -2.35. The van der Waals surface area contributed by atoms with Crippen LogP contribution in [0.1, 0.15) is 61.8 Å². The predicted octanol–water partition coefficient (Wildman–Crippen LogP) is 6.03. The second kappa shape index (κ2) is 13.5. The highest BCUT2D eigenvalue weighted by Crippen LogP contribution is 2.25. The van der Waals surface area contributed by atoms with E-state index in [1.807, 2.05) is 97.9 Å². The molecule has 1 N–H and O–H groups in total. The monoisotopic (exact) mass is 443 g/mol. The van der Waals surface area contributed by atoms with E-state index in [1.165, 1.54) is 0 Å². The van der Waals surface area contributed by atoms with Crippen LogP contribution in [0.3, 0.4) is 0 Å². The molecule has 0 aliphatic carbocycles. The van der Waals surface area contributed by atoms with Crippen LogP contribution in [0.5, 0.6) is 0 Å². The first-order valence-electron chi connectivity index (χ1n) is 11.3. The number of hydrogen-bond acceptors (Lipinski definition) is 5. The molecule has 6 heteroatoms. The quantitative estimate of drug-likeness (QED) is 0.227. The van der Waals surface area contributed by atoms with Crippen molar-refractivity contribution in [1.82, 2.24) is 5.32 Å². The maximum Gasteiger partial charge on any atom is 0.494 e. The van der Waals surface area contributed by atoms with Gasteiger partial charge in [0.2, 0.25) is 0 Å². The molecule has 0 aromatic carbocycles. The molecule has 1 atom stereocenters. The maximum absolute atomic E-state index is 6.28. The molecule has 0 aromatic rings. The smallest absolute Gasteiger partial charge is 0.474 e. The molecule has 178 valence electrons. The Morgan fingerprint density at radius 2 is 1.69 bits per heavy atom. The highest BCUT2D eigenvalue weighted by molar-refractivity contribution is 6.54. The zero-order valence-corrected chi connectivity index (χ0v) is 21.2.